The van der Waals surface area contributed by atoms with Crippen molar-refractivity contribution in [3.8, 4) is 6.07 Å². The molecular formula is C26H21ClF5N5O3. The molecule has 0 aliphatic heterocycles. The number of hydrogen-bond acceptors (Lipinski definition) is 5. The Bertz CT molecular complexity index is 1510. The van der Waals surface area contributed by atoms with Crippen LogP contribution in [0.25, 0.3) is 0 Å². The largest absolute Gasteiger partial charge is 0.416 e. The number of nitrogens with one attached hydrogen (secondary N) is 2. The average Bonchev–Trinajstić information content (AvgIpc) is 3.21. The number of imidazole rings is 1. The number of hydrogen-bond donors (Lipinski definition) is 2. The van der Waals surface area contributed by atoms with Gasteiger partial charge in [-0.25, -0.2) is 13.8 Å². The van der Waals surface area contributed by atoms with Crippen molar-refractivity contribution in [3.05, 3.63) is 81.3 Å². The van der Waals surface area contributed by atoms with Crippen molar-refractivity contribution >= 4 is 35.0 Å². The molecule has 1 aromatic heterocycles. The van der Waals surface area contributed by atoms with Crippen molar-refractivity contribution in [3.63, 3.8) is 0 Å². The summed E-state index contributed by atoms with van der Waals surface area (Å²) in [5, 5.41) is 13.6. The van der Waals surface area contributed by atoms with E-state index >= 15 is 0 Å². The van der Waals surface area contributed by atoms with E-state index in [1.807, 2.05) is 6.07 Å². The molecule has 2 N–H and O–H groups in total. The first-order chi connectivity index (χ1) is 18.7. The minimum absolute atomic E-state index is 0.00562. The van der Waals surface area contributed by atoms with Crippen molar-refractivity contribution in [2.24, 2.45) is 0 Å². The normalized spacial score (nSPS) is 12.0. The second kappa shape index (κ2) is 12.3. The van der Waals surface area contributed by atoms with E-state index in [1.165, 1.54) is 19.9 Å². The zero-order chi connectivity index (χ0) is 29.8. The van der Waals surface area contributed by atoms with Crippen LogP contribution in [0.15, 0.2) is 36.4 Å². The third-order valence-corrected chi connectivity index (χ3v) is 6.01. The number of halogens is 6. The van der Waals surface area contributed by atoms with E-state index in [2.05, 4.69) is 15.6 Å². The highest BCUT2D eigenvalue weighted by Gasteiger charge is 2.33. The van der Waals surface area contributed by atoms with Gasteiger partial charge in [0.25, 0.3) is 11.8 Å². The fourth-order valence-corrected chi connectivity index (χ4v) is 4.20. The van der Waals surface area contributed by atoms with E-state index in [0.29, 0.717) is 12.1 Å². The van der Waals surface area contributed by atoms with Crippen LogP contribution in [0.2, 0.25) is 5.02 Å². The lowest BCUT2D eigenvalue weighted by Crippen LogP contribution is -2.29. The van der Waals surface area contributed by atoms with Crippen LogP contribution in [0.4, 0.5) is 27.8 Å². The number of benzene rings is 2. The van der Waals surface area contributed by atoms with Crippen LogP contribution >= 0.6 is 11.6 Å². The third kappa shape index (κ3) is 7.01. The zero-order valence-corrected chi connectivity index (χ0v) is 21.8. The SMILES string of the molecule is CC(=O)Cn1c(C(=O)NCCC#N)nc(NC(=O)c2cc(F)cc(C(F)(F)F)c2)c1[C@@H](C)c1cc(F)ccc1Cl. The second-order valence-corrected chi connectivity index (χ2v) is 9.10. The van der Waals surface area contributed by atoms with Gasteiger partial charge in [-0.1, -0.05) is 18.5 Å². The lowest BCUT2D eigenvalue weighted by atomic mass is 9.96. The zero-order valence-electron chi connectivity index (χ0n) is 21.0. The summed E-state index contributed by atoms with van der Waals surface area (Å²) >= 11 is 6.28. The number of carbonyl (C=O) groups excluding carboxylic acids is 3. The molecule has 3 rings (SSSR count). The number of nitrogens with zero attached hydrogens (tertiary/aromatic N) is 3. The van der Waals surface area contributed by atoms with Gasteiger partial charge in [0, 0.05) is 23.0 Å². The molecule has 14 heteroatoms. The van der Waals surface area contributed by atoms with Crippen LogP contribution in [0.3, 0.4) is 0 Å². The molecule has 0 saturated heterocycles. The second-order valence-electron chi connectivity index (χ2n) is 8.69. The Hall–Kier alpha value is -4.31. The molecule has 3 aromatic rings. The van der Waals surface area contributed by atoms with Gasteiger partial charge in [-0.2, -0.15) is 18.4 Å². The van der Waals surface area contributed by atoms with Gasteiger partial charge in [0.15, 0.2) is 5.82 Å². The molecule has 2 aromatic carbocycles. The molecule has 8 nitrogen and oxygen atoms in total. The molecule has 0 unspecified atom stereocenters. The summed E-state index contributed by atoms with van der Waals surface area (Å²) in [6.45, 7) is 2.22. The molecule has 0 radical (unpaired) electrons. The maximum Gasteiger partial charge on any atom is 0.416 e. The van der Waals surface area contributed by atoms with Crippen molar-refractivity contribution in [2.75, 3.05) is 11.9 Å². The third-order valence-electron chi connectivity index (χ3n) is 5.67. The predicted molar refractivity (Wildman–Crippen MR) is 134 cm³/mol. The molecule has 0 aliphatic rings. The highest BCUT2D eigenvalue weighted by Crippen LogP contribution is 2.36. The summed E-state index contributed by atoms with van der Waals surface area (Å²) < 4.78 is 68.9. The Morgan fingerprint density at radius 2 is 1.80 bits per heavy atom. The lowest BCUT2D eigenvalue weighted by Gasteiger charge is -2.19. The number of amides is 2. The first-order valence-corrected chi connectivity index (χ1v) is 12.0. The molecule has 210 valence electrons. The number of carbonyl (C=O) groups is 3. The quantitative estimate of drug-likeness (QED) is 0.257. The maximum absolute atomic E-state index is 14.1. The molecule has 1 atom stereocenters. The lowest BCUT2D eigenvalue weighted by molar-refractivity contribution is -0.137. The highest BCUT2D eigenvalue weighted by molar-refractivity contribution is 6.31. The number of aromatic nitrogens is 2. The summed E-state index contributed by atoms with van der Waals surface area (Å²) in [6, 6.07) is 6.55. The van der Waals surface area contributed by atoms with Gasteiger partial charge in [0.1, 0.15) is 17.4 Å². The summed E-state index contributed by atoms with van der Waals surface area (Å²) in [6.07, 6.45) is -4.99. The Balaban J connectivity index is 2.19. The first-order valence-electron chi connectivity index (χ1n) is 11.6. The molecule has 0 spiro atoms. The standard InChI is InChI=1S/C26H21ClF5N5O3/c1-13(38)12-37-21(14(2)19-11-17(28)4-5-20(19)27)22(35-23(37)25(40)34-7-3-6-33)36-24(39)15-8-16(26(30,31)32)10-18(29)9-15/h4-5,8-11,14H,3,7,12H2,1-2H3,(H,34,40)(H,36,39)/t14-/m0/s1. The van der Waals surface area contributed by atoms with Gasteiger partial charge >= 0.3 is 6.18 Å². The van der Waals surface area contributed by atoms with E-state index in [9.17, 15) is 36.3 Å². The maximum atomic E-state index is 14.1. The van der Waals surface area contributed by atoms with Crippen LogP contribution in [-0.2, 0) is 17.5 Å². The van der Waals surface area contributed by atoms with Gasteiger partial charge in [0.05, 0.1) is 30.3 Å². The molecule has 0 saturated carbocycles. The number of ketones is 1. The van der Waals surface area contributed by atoms with Gasteiger partial charge in [-0.15, -0.1) is 0 Å². The molecule has 0 bridgehead atoms. The van der Waals surface area contributed by atoms with Crippen LogP contribution in [0.1, 0.15) is 64.0 Å². The van der Waals surface area contributed by atoms with Gasteiger partial charge in [-0.3, -0.25) is 14.4 Å². The molecular weight excluding hydrogens is 561 g/mol. The van der Waals surface area contributed by atoms with E-state index in [-0.39, 0.29) is 47.0 Å². The predicted octanol–water partition coefficient (Wildman–Crippen LogP) is 5.47. The van der Waals surface area contributed by atoms with E-state index in [1.54, 1.807) is 0 Å². The number of nitriles is 1. The van der Waals surface area contributed by atoms with E-state index in [0.717, 1.165) is 16.7 Å². The number of anilines is 1. The fourth-order valence-electron chi connectivity index (χ4n) is 3.92. The fraction of sp³-hybridized carbons (Fsp3) is 0.269. The van der Waals surface area contributed by atoms with Crippen LogP contribution in [0.5, 0.6) is 0 Å². The average molecular weight is 582 g/mol. The Kier molecular flexibility index (Phi) is 9.26. The van der Waals surface area contributed by atoms with Crippen molar-refractivity contribution in [1.29, 1.82) is 5.26 Å². The summed E-state index contributed by atoms with van der Waals surface area (Å²) in [5.74, 6) is -6.13. The highest BCUT2D eigenvalue weighted by atomic mass is 35.5. The number of rotatable bonds is 9. The van der Waals surface area contributed by atoms with E-state index < -0.39 is 59.0 Å². The molecule has 2 amide bonds. The molecule has 0 aliphatic carbocycles. The summed E-state index contributed by atoms with van der Waals surface area (Å²) in [5.41, 5.74) is -1.93. The van der Waals surface area contributed by atoms with Crippen LogP contribution in [0, 0.1) is 23.0 Å². The van der Waals surface area contributed by atoms with Crippen molar-refractivity contribution < 1.29 is 36.3 Å². The number of alkyl halides is 3. The van der Waals surface area contributed by atoms with Crippen LogP contribution < -0.4 is 10.6 Å². The first kappa shape index (κ1) is 30.2. The topological polar surface area (TPSA) is 117 Å². The summed E-state index contributed by atoms with van der Waals surface area (Å²) in [4.78, 5) is 42.2. The van der Waals surface area contributed by atoms with Gasteiger partial charge in [0.2, 0.25) is 5.82 Å². The van der Waals surface area contributed by atoms with Crippen molar-refractivity contribution in [2.45, 2.75) is 38.9 Å². The Labute approximate surface area is 229 Å². The minimum Gasteiger partial charge on any atom is -0.348 e. The monoisotopic (exact) mass is 581 g/mol. The summed E-state index contributed by atoms with van der Waals surface area (Å²) in [7, 11) is 0. The molecule has 40 heavy (non-hydrogen) atoms. The molecule has 0 fully saturated rings. The Morgan fingerprint density at radius 1 is 1.10 bits per heavy atom. The van der Waals surface area contributed by atoms with Gasteiger partial charge in [-0.05, 0) is 48.9 Å². The van der Waals surface area contributed by atoms with Crippen molar-refractivity contribution in [1.82, 2.24) is 14.9 Å². The van der Waals surface area contributed by atoms with E-state index in [4.69, 9.17) is 16.9 Å². The number of Topliss-reactive ketones (excluding diaryl/α,β-unsaturated/α-hetero) is 1. The smallest absolute Gasteiger partial charge is 0.348 e. The minimum atomic E-state index is -4.94. The Morgan fingerprint density at radius 3 is 2.42 bits per heavy atom. The van der Waals surface area contributed by atoms with Gasteiger partial charge < -0.3 is 15.2 Å². The van der Waals surface area contributed by atoms with Crippen LogP contribution in [-0.4, -0.2) is 33.7 Å². The molecule has 1 heterocycles.